The number of sulfone groups is 1. The van der Waals surface area contributed by atoms with Gasteiger partial charge in [0.1, 0.15) is 0 Å². The lowest BCUT2D eigenvalue weighted by Gasteiger charge is -2.15. The van der Waals surface area contributed by atoms with Gasteiger partial charge in [0.15, 0.2) is 9.84 Å². The number of rotatable bonds is 5. The summed E-state index contributed by atoms with van der Waals surface area (Å²) in [4.78, 5) is 11.0. The maximum absolute atomic E-state index is 12.4. The van der Waals surface area contributed by atoms with E-state index in [1.165, 1.54) is 26.2 Å². The van der Waals surface area contributed by atoms with Crippen LogP contribution < -0.4 is 0 Å². The van der Waals surface area contributed by atoms with Crippen LogP contribution in [0.2, 0.25) is 0 Å². The molecule has 1 atom stereocenters. The zero-order valence-electron chi connectivity index (χ0n) is 10.8. The lowest BCUT2D eigenvalue weighted by molar-refractivity contribution is 0.0696. The fourth-order valence-corrected chi connectivity index (χ4v) is 3.78. The van der Waals surface area contributed by atoms with Crippen LogP contribution in [0.15, 0.2) is 21.5 Å². The second-order valence-corrected chi connectivity index (χ2v) is 7.39. The van der Waals surface area contributed by atoms with Crippen LogP contribution in [0.1, 0.15) is 22.8 Å². The van der Waals surface area contributed by atoms with E-state index in [1.807, 2.05) is 0 Å². The number of aromatic carboxylic acids is 1. The van der Waals surface area contributed by atoms with Crippen LogP contribution in [0.4, 0.5) is 0 Å². The summed E-state index contributed by atoms with van der Waals surface area (Å²) < 4.78 is 30.1. The predicted octanol–water partition coefficient (Wildman–Crippen LogP) is 2.26. The number of halogens is 1. The standard InChI is InChI=1S/C12H15BrO5S/c1-7(6-18-3)19(16,17)11-5-9(12(14)15)4-10(13)8(11)2/h4-5,7H,6H2,1-3H3,(H,14,15). The van der Waals surface area contributed by atoms with Crippen LogP contribution in [-0.2, 0) is 14.6 Å². The number of hydrogen-bond donors (Lipinski definition) is 1. The number of carboxylic acids is 1. The molecule has 0 fully saturated rings. The summed E-state index contributed by atoms with van der Waals surface area (Å²) in [5.41, 5.74) is 0.425. The second kappa shape index (κ2) is 6.02. The van der Waals surface area contributed by atoms with Gasteiger partial charge < -0.3 is 9.84 Å². The quantitative estimate of drug-likeness (QED) is 0.880. The first-order valence-corrected chi connectivity index (χ1v) is 7.82. The van der Waals surface area contributed by atoms with Crippen LogP contribution in [0.3, 0.4) is 0 Å². The summed E-state index contributed by atoms with van der Waals surface area (Å²) in [5.74, 6) is -1.17. The van der Waals surface area contributed by atoms with Gasteiger partial charge in [0, 0.05) is 11.6 Å². The molecule has 1 aromatic carbocycles. The van der Waals surface area contributed by atoms with E-state index in [9.17, 15) is 13.2 Å². The van der Waals surface area contributed by atoms with Gasteiger partial charge >= 0.3 is 5.97 Å². The Morgan fingerprint density at radius 3 is 2.53 bits per heavy atom. The molecule has 0 spiro atoms. The SMILES string of the molecule is COCC(C)S(=O)(=O)c1cc(C(=O)O)cc(Br)c1C. The van der Waals surface area contributed by atoms with Gasteiger partial charge in [-0.1, -0.05) is 15.9 Å². The first kappa shape index (κ1) is 16.1. The number of hydrogen-bond acceptors (Lipinski definition) is 4. The van der Waals surface area contributed by atoms with Crippen molar-refractivity contribution in [1.29, 1.82) is 0 Å². The Labute approximate surface area is 120 Å². The zero-order chi connectivity index (χ0) is 14.8. The van der Waals surface area contributed by atoms with Crippen molar-refractivity contribution in [3.05, 3.63) is 27.7 Å². The Hall–Kier alpha value is -0.920. The lowest BCUT2D eigenvalue weighted by Crippen LogP contribution is -2.24. The minimum atomic E-state index is -3.63. The van der Waals surface area contributed by atoms with Crippen molar-refractivity contribution in [2.45, 2.75) is 24.0 Å². The predicted molar refractivity (Wildman–Crippen MR) is 74.4 cm³/mol. The molecular weight excluding hydrogens is 336 g/mol. The van der Waals surface area contributed by atoms with Gasteiger partial charge in [0.25, 0.3) is 0 Å². The molecule has 0 aliphatic heterocycles. The molecule has 0 radical (unpaired) electrons. The molecule has 19 heavy (non-hydrogen) atoms. The van der Waals surface area contributed by atoms with Gasteiger partial charge in [-0.15, -0.1) is 0 Å². The van der Waals surface area contributed by atoms with Crippen LogP contribution in [-0.4, -0.2) is 38.5 Å². The summed E-state index contributed by atoms with van der Waals surface area (Å²) in [6, 6.07) is 2.57. The van der Waals surface area contributed by atoms with Crippen molar-refractivity contribution >= 4 is 31.7 Å². The molecule has 0 saturated carbocycles. The van der Waals surface area contributed by atoms with E-state index in [1.54, 1.807) is 6.92 Å². The van der Waals surface area contributed by atoms with Crippen LogP contribution in [0.25, 0.3) is 0 Å². The van der Waals surface area contributed by atoms with Gasteiger partial charge in [-0.05, 0) is 31.5 Å². The van der Waals surface area contributed by atoms with Gasteiger partial charge in [-0.3, -0.25) is 0 Å². The van der Waals surface area contributed by atoms with E-state index in [0.29, 0.717) is 10.0 Å². The van der Waals surface area contributed by atoms with Gasteiger partial charge in [0.05, 0.1) is 22.3 Å². The molecule has 0 heterocycles. The Morgan fingerprint density at radius 2 is 2.05 bits per heavy atom. The highest BCUT2D eigenvalue weighted by Gasteiger charge is 2.27. The van der Waals surface area contributed by atoms with Crippen LogP contribution in [0.5, 0.6) is 0 Å². The summed E-state index contributed by atoms with van der Waals surface area (Å²) in [5, 5.41) is 8.25. The molecule has 1 rings (SSSR count). The van der Waals surface area contributed by atoms with Crippen molar-refractivity contribution in [3.8, 4) is 0 Å². The third-order valence-electron chi connectivity index (χ3n) is 2.78. The number of carbonyl (C=O) groups is 1. The van der Waals surface area contributed by atoms with Crippen LogP contribution in [0, 0.1) is 6.92 Å². The molecule has 1 unspecified atom stereocenters. The molecule has 0 bridgehead atoms. The Balaban J connectivity index is 3.45. The monoisotopic (exact) mass is 350 g/mol. The first-order chi connectivity index (χ1) is 8.71. The second-order valence-electron chi connectivity index (χ2n) is 4.20. The maximum atomic E-state index is 12.4. The molecule has 1 N–H and O–H groups in total. The minimum Gasteiger partial charge on any atom is -0.478 e. The summed E-state index contributed by atoms with van der Waals surface area (Å²) in [6.07, 6.45) is 0. The molecule has 0 saturated heterocycles. The van der Waals surface area contributed by atoms with Gasteiger partial charge in [-0.2, -0.15) is 0 Å². The normalized spacial score (nSPS) is 13.3. The van der Waals surface area contributed by atoms with Crippen molar-refractivity contribution in [3.63, 3.8) is 0 Å². The largest absolute Gasteiger partial charge is 0.478 e. The summed E-state index contributed by atoms with van der Waals surface area (Å²) >= 11 is 3.19. The van der Waals surface area contributed by atoms with E-state index >= 15 is 0 Å². The van der Waals surface area contributed by atoms with Crippen molar-refractivity contribution in [2.75, 3.05) is 13.7 Å². The van der Waals surface area contributed by atoms with Crippen molar-refractivity contribution in [2.24, 2.45) is 0 Å². The first-order valence-electron chi connectivity index (χ1n) is 5.48. The molecule has 0 aliphatic rings. The Kier molecular flexibility index (Phi) is 5.11. The van der Waals surface area contributed by atoms with E-state index in [2.05, 4.69) is 15.9 Å². The topological polar surface area (TPSA) is 80.7 Å². The van der Waals surface area contributed by atoms with Crippen molar-refractivity contribution < 1.29 is 23.1 Å². The van der Waals surface area contributed by atoms with Gasteiger partial charge in [-0.25, -0.2) is 13.2 Å². The molecule has 1 aromatic rings. The smallest absolute Gasteiger partial charge is 0.335 e. The lowest BCUT2D eigenvalue weighted by atomic mass is 10.1. The molecule has 7 heteroatoms. The molecule has 106 valence electrons. The summed E-state index contributed by atoms with van der Waals surface area (Å²) in [6.45, 7) is 3.21. The van der Waals surface area contributed by atoms with E-state index < -0.39 is 21.1 Å². The molecule has 0 amide bonds. The van der Waals surface area contributed by atoms with Crippen molar-refractivity contribution in [1.82, 2.24) is 0 Å². The van der Waals surface area contributed by atoms with E-state index in [0.717, 1.165) is 0 Å². The van der Waals surface area contributed by atoms with Gasteiger partial charge in [0.2, 0.25) is 0 Å². The minimum absolute atomic E-state index is 0.0174. The Morgan fingerprint density at radius 1 is 1.47 bits per heavy atom. The highest BCUT2D eigenvalue weighted by Crippen LogP contribution is 2.28. The molecule has 5 nitrogen and oxygen atoms in total. The third-order valence-corrected chi connectivity index (χ3v) is 5.84. The fraction of sp³-hybridized carbons (Fsp3) is 0.417. The highest BCUT2D eigenvalue weighted by atomic mass is 79.9. The fourth-order valence-electron chi connectivity index (χ4n) is 1.61. The average molecular weight is 351 g/mol. The molecule has 0 aromatic heterocycles. The average Bonchev–Trinajstić information content (AvgIpc) is 2.32. The number of ether oxygens (including phenoxy) is 1. The number of methoxy groups -OCH3 is 1. The van der Waals surface area contributed by atoms with Crippen LogP contribution >= 0.6 is 15.9 Å². The summed E-state index contributed by atoms with van der Waals surface area (Å²) in [7, 11) is -2.21. The van der Waals surface area contributed by atoms with E-state index in [-0.39, 0.29) is 17.1 Å². The molecular formula is C12H15BrO5S. The molecule has 0 aliphatic carbocycles. The number of carboxylic acid groups (broad SMARTS) is 1. The maximum Gasteiger partial charge on any atom is 0.335 e. The van der Waals surface area contributed by atoms with E-state index in [4.69, 9.17) is 9.84 Å². The Bertz CT molecular complexity index is 594. The number of benzene rings is 1. The zero-order valence-corrected chi connectivity index (χ0v) is 13.2. The highest BCUT2D eigenvalue weighted by molar-refractivity contribution is 9.10. The third kappa shape index (κ3) is 3.34.